The SMILES string of the molecule is c1ccc(-c2ccc(N(c3ccc(-c4cc5ccccc5o4)cc3)c3ccc(-c4cc5cnccc5s4)cc3)cc2)cc1. The normalized spacial score (nSPS) is 11.3. The van der Waals surface area contributed by atoms with E-state index in [1.807, 2.05) is 36.7 Å². The maximum Gasteiger partial charge on any atom is 0.135 e. The number of pyridine rings is 1. The molecule has 3 nitrogen and oxygen atoms in total. The van der Waals surface area contributed by atoms with Crippen molar-refractivity contribution in [2.24, 2.45) is 0 Å². The van der Waals surface area contributed by atoms with Gasteiger partial charge in [-0.15, -0.1) is 11.3 Å². The van der Waals surface area contributed by atoms with Gasteiger partial charge in [0.25, 0.3) is 0 Å². The van der Waals surface area contributed by atoms with Crippen molar-refractivity contribution < 1.29 is 4.42 Å². The van der Waals surface area contributed by atoms with E-state index in [4.69, 9.17) is 4.42 Å². The molecule has 0 radical (unpaired) electrons. The zero-order valence-corrected chi connectivity index (χ0v) is 24.0. The molecule has 0 bridgehead atoms. The van der Waals surface area contributed by atoms with Crippen molar-refractivity contribution in [1.29, 1.82) is 0 Å². The van der Waals surface area contributed by atoms with Gasteiger partial charge >= 0.3 is 0 Å². The Bertz CT molecular complexity index is 1980. The van der Waals surface area contributed by atoms with E-state index in [0.29, 0.717) is 0 Å². The highest BCUT2D eigenvalue weighted by atomic mass is 32.1. The summed E-state index contributed by atoms with van der Waals surface area (Å²) in [5.74, 6) is 0.870. The van der Waals surface area contributed by atoms with Gasteiger partial charge in [0.2, 0.25) is 0 Å². The molecule has 0 aliphatic heterocycles. The molecule has 0 aliphatic rings. The summed E-state index contributed by atoms with van der Waals surface area (Å²) in [5, 5.41) is 2.29. The largest absolute Gasteiger partial charge is 0.456 e. The Balaban J connectivity index is 1.17. The van der Waals surface area contributed by atoms with Gasteiger partial charge in [0.1, 0.15) is 11.3 Å². The summed E-state index contributed by atoms with van der Waals surface area (Å²) in [7, 11) is 0. The zero-order chi connectivity index (χ0) is 28.6. The third-order valence-corrected chi connectivity index (χ3v) is 8.96. The lowest BCUT2D eigenvalue weighted by Crippen LogP contribution is -2.09. The fourth-order valence-corrected chi connectivity index (χ4v) is 6.62. The Morgan fingerprint density at radius 3 is 1.79 bits per heavy atom. The van der Waals surface area contributed by atoms with Crippen molar-refractivity contribution in [2.45, 2.75) is 0 Å². The Morgan fingerprint density at radius 1 is 0.512 bits per heavy atom. The van der Waals surface area contributed by atoms with Crippen molar-refractivity contribution in [3.63, 3.8) is 0 Å². The van der Waals surface area contributed by atoms with E-state index in [9.17, 15) is 0 Å². The van der Waals surface area contributed by atoms with E-state index in [1.54, 1.807) is 11.3 Å². The maximum atomic E-state index is 6.14. The molecule has 3 heterocycles. The topological polar surface area (TPSA) is 29.3 Å². The first-order valence-electron chi connectivity index (χ1n) is 14.3. The molecule has 3 aromatic heterocycles. The van der Waals surface area contributed by atoms with Crippen LogP contribution in [0.4, 0.5) is 17.1 Å². The van der Waals surface area contributed by atoms with E-state index < -0.39 is 0 Å². The summed E-state index contributed by atoms with van der Waals surface area (Å²) >= 11 is 1.80. The van der Waals surface area contributed by atoms with Crippen LogP contribution in [0.1, 0.15) is 0 Å². The lowest BCUT2D eigenvalue weighted by molar-refractivity contribution is 0.631. The van der Waals surface area contributed by atoms with Crippen LogP contribution < -0.4 is 4.90 Å². The smallest absolute Gasteiger partial charge is 0.135 e. The number of rotatable bonds is 6. The number of anilines is 3. The molecule has 0 fully saturated rings. The van der Waals surface area contributed by atoms with E-state index in [-0.39, 0.29) is 0 Å². The lowest BCUT2D eigenvalue weighted by atomic mass is 10.0. The molecule has 204 valence electrons. The summed E-state index contributed by atoms with van der Waals surface area (Å²) in [4.78, 5) is 7.82. The second kappa shape index (κ2) is 10.8. The molecule has 4 heteroatoms. The molecule has 0 saturated carbocycles. The molecule has 0 unspecified atom stereocenters. The summed E-state index contributed by atoms with van der Waals surface area (Å²) < 4.78 is 7.39. The van der Waals surface area contributed by atoms with Gasteiger partial charge in [-0.05, 0) is 89.5 Å². The van der Waals surface area contributed by atoms with Crippen LogP contribution in [0, 0.1) is 0 Å². The molecular formula is C39H26N2OS. The molecular weight excluding hydrogens is 545 g/mol. The quantitative estimate of drug-likeness (QED) is 0.199. The molecule has 0 atom stereocenters. The standard InChI is InChI=1S/C39H26N2OS/c1-2-6-27(7-3-1)28-10-16-33(17-11-28)41(34-18-12-29(13-19-34)37-24-31-8-4-5-9-36(31)42-37)35-20-14-30(15-21-35)39-25-32-26-40-23-22-38(32)43-39/h1-26H. The molecule has 0 N–H and O–H groups in total. The molecule has 0 aliphatic carbocycles. The third-order valence-electron chi connectivity index (χ3n) is 7.79. The molecule has 8 aromatic rings. The van der Waals surface area contributed by atoms with Gasteiger partial charge < -0.3 is 9.32 Å². The molecule has 43 heavy (non-hydrogen) atoms. The minimum Gasteiger partial charge on any atom is -0.456 e. The van der Waals surface area contributed by atoms with E-state index in [1.165, 1.54) is 31.7 Å². The van der Waals surface area contributed by atoms with Crippen molar-refractivity contribution >= 4 is 49.5 Å². The van der Waals surface area contributed by atoms with Gasteiger partial charge in [0.15, 0.2) is 0 Å². The number of benzene rings is 5. The van der Waals surface area contributed by atoms with Gasteiger partial charge in [-0.3, -0.25) is 4.98 Å². The molecule has 0 amide bonds. The van der Waals surface area contributed by atoms with Crippen LogP contribution in [-0.4, -0.2) is 4.98 Å². The van der Waals surface area contributed by atoms with Gasteiger partial charge in [-0.2, -0.15) is 0 Å². The fraction of sp³-hybridized carbons (Fsp3) is 0. The molecule has 5 aromatic carbocycles. The predicted octanol–water partition coefficient (Wildman–Crippen LogP) is 11.5. The number of hydrogen-bond acceptors (Lipinski definition) is 4. The summed E-state index contributed by atoms with van der Waals surface area (Å²) in [5.41, 5.74) is 8.81. The molecule has 0 saturated heterocycles. The van der Waals surface area contributed by atoms with E-state index in [2.05, 4.69) is 131 Å². The second-order valence-corrected chi connectivity index (χ2v) is 11.6. The van der Waals surface area contributed by atoms with Crippen molar-refractivity contribution in [3.05, 3.63) is 158 Å². The van der Waals surface area contributed by atoms with E-state index >= 15 is 0 Å². The van der Waals surface area contributed by atoms with Crippen molar-refractivity contribution in [1.82, 2.24) is 4.98 Å². The number of nitrogens with zero attached hydrogens (tertiary/aromatic N) is 2. The highest BCUT2D eigenvalue weighted by Gasteiger charge is 2.15. The zero-order valence-electron chi connectivity index (χ0n) is 23.2. The molecule has 0 spiro atoms. The van der Waals surface area contributed by atoms with Gasteiger partial charge in [0.05, 0.1) is 0 Å². The first kappa shape index (κ1) is 25.3. The maximum absolute atomic E-state index is 6.14. The minimum atomic E-state index is 0.870. The van der Waals surface area contributed by atoms with Crippen molar-refractivity contribution in [3.8, 4) is 32.9 Å². The number of para-hydroxylation sites is 1. The van der Waals surface area contributed by atoms with Gasteiger partial charge in [-0.25, -0.2) is 0 Å². The third kappa shape index (κ3) is 4.88. The number of thiophene rings is 1. The van der Waals surface area contributed by atoms with Crippen LogP contribution in [0.3, 0.4) is 0 Å². The van der Waals surface area contributed by atoms with Crippen LogP contribution in [0.5, 0.6) is 0 Å². The van der Waals surface area contributed by atoms with Crippen LogP contribution in [0.25, 0.3) is 53.9 Å². The predicted molar refractivity (Wildman–Crippen MR) is 180 cm³/mol. The number of fused-ring (bicyclic) bond motifs is 2. The summed E-state index contributed by atoms with van der Waals surface area (Å²) in [6.07, 6.45) is 3.78. The first-order chi connectivity index (χ1) is 21.3. The Labute approximate surface area is 253 Å². The van der Waals surface area contributed by atoms with Crippen LogP contribution in [0.15, 0.2) is 162 Å². The van der Waals surface area contributed by atoms with E-state index in [0.717, 1.165) is 39.4 Å². The van der Waals surface area contributed by atoms with Crippen LogP contribution in [-0.2, 0) is 0 Å². The number of furan rings is 1. The van der Waals surface area contributed by atoms with Crippen molar-refractivity contribution in [2.75, 3.05) is 4.90 Å². The first-order valence-corrected chi connectivity index (χ1v) is 15.1. The lowest BCUT2D eigenvalue weighted by Gasteiger charge is -2.26. The fourth-order valence-electron chi connectivity index (χ4n) is 5.58. The molecule has 8 rings (SSSR count). The van der Waals surface area contributed by atoms with Gasteiger partial charge in [-0.1, -0.05) is 72.8 Å². The second-order valence-electron chi connectivity index (χ2n) is 10.5. The summed E-state index contributed by atoms with van der Waals surface area (Å²) in [6, 6.07) is 51.2. The number of aromatic nitrogens is 1. The Kier molecular flexibility index (Phi) is 6.32. The summed E-state index contributed by atoms with van der Waals surface area (Å²) in [6.45, 7) is 0. The highest BCUT2D eigenvalue weighted by Crippen LogP contribution is 2.39. The minimum absolute atomic E-state index is 0.870. The Morgan fingerprint density at radius 2 is 1.12 bits per heavy atom. The average molecular weight is 571 g/mol. The average Bonchev–Trinajstić information content (AvgIpc) is 3.71. The van der Waals surface area contributed by atoms with Gasteiger partial charge in [0, 0.05) is 55.4 Å². The Hall–Kier alpha value is -5.45. The monoisotopic (exact) mass is 570 g/mol. The number of hydrogen-bond donors (Lipinski definition) is 0. The highest BCUT2D eigenvalue weighted by molar-refractivity contribution is 7.22. The van der Waals surface area contributed by atoms with Crippen LogP contribution >= 0.6 is 11.3 Å². The van der Waals surface area contributed by atoms with Crippen LogP contribution in [0.2, 0.25) is 0 Å².